The average molecular weight is 427 g/mol. The van der Waals surface area contributed by atoms with E-state index in [2.05, 4.69) is 20.4 Å². The minimum Gasteiger partial charge on any atom is -0.477 e. The molecule has 0 atom stereocenters. The van der Waals surface area contributed by atoms with E-state index in [1.165, 1.54) is 19.0 Å². The van der Waals surface area contributed by atoms with Crippen molar-refractivity contribution in [3.8, 4) is 17.0 Å². The van der Waals surface area contributed by atoms with Crippen molar-refractivity contribution in [3.05, 3.63) is 58.8 Å². The maximum absolute atomic E-state index is 12.7. The van der Waals surface area contributed by atoms with Crippen molar-refractivity contribution in [2.24, 2.45) is 5.92 Å². The molecule has 2 heterocycles. The SMILES string of the molecule is CC(C)c1nc(CNC(=O)c2cnc(OCC3CC3)c(-c3ccc(Cl)cc3)c2)no1. The van der Waals surface area contributed by atoms with Gasteiger partial charge in [0.25, 0.3) is 5.91 Å². The zero-order chi connectivity index (χ0) is 21.1. The molecule has 0 saturated heterocycles. The first-order valence-electron chi connectivity index (χ1n) is 9.99. The van der Waals surface area contributed by atoms with Gasteiger partial charge in [-0.2, -0.15) is 4.98 Å². The lowest BCUT2D eigenvalue weighted by Gasteiger charge is -2.12. The Hall–Kier alpha value is -2.93. The maximum atomic E-state index is 12.7. The van der Waals surface area contributed by atoms with Crippen LogP contribution in [0.25, 0.3) is 11.1 Å². The van der Waals surface area contributed by atoms with E-state index in [4.69, 9.17) is 20.9 Å². The van der Waals surface area contributed by atoms with Gasteiger partial charge in [0.1, 0.15) is 0 Å². The predicted octanol–water partition coefficient (Wildman–Crippen LogP) is 4.63. The van der Waals surface area contributed by atoms with Crippen LogP contribution in [0.15, 0.2) is 41.1 Å². The van der Waals surface area contributed by atoms with Crippen molar-refractivity contribution in [3.63, 3.8) is 0 Å². The van der Waals surface area contributed by atoms with Gasteiger partial charge in [0.15, 0.2) is 5.82 Å². The highest BCUT2D eigenvalue weighted by atomic mass is 35.5. The summed E-state index contributed by atoms with van der Waals surface area (Å²) in [6, 6.07) is 9.16. The van der Waals surface area contributed by atoms with Gasteiger partial charge < -0.3 is 14.6 Å². The Balaban J connectivity index is 1.52. The van der Waals surface area contributed by atoms with Crippen LogP contribution >= 0.6 is 11.6 Å². The van der Waals surface area contributed by atoms with E-state index in [1.807, 2.05) is 26.0 Å². The summed E-state index contributed by atoms with van der Waals surface area (Å²) in [5.74, 6) is 1.95. The standard InChI is InChI=1S/C22H23ClN4O3/c1-13(2)21-26-19(27-30-21)11-24-20(28)16-9-18(15-5-7-17(23)8-6-15)22(25-10-16)29-12-14-3-4-14/h5-10,13-14H,3-4,11-12H2,1-2H3,(H,24,28). The zero-order valence-electron chi connectivity index (χ0n) is 16.9. The number of carbonyl (C=O) groups is 1. The molecule has 156 valence electrons. The lowest BCUT2D eigenvalue weighted by atomic mass is 10.0. The van der Waals surface area contributed by atoms with Crippen molar-refractivity contribution in [2.75, 3.05) is 6.61 Å². The minimum atomic E-state index is -0.276. The Morgan fingerprint density at radius 3 is 2.73 bits per heavy atom. The molecule has 4 rings (SSSR count). The van der Waals surface area contributed by atoms with Crippen molar-refractivity contribution in [2.45, 2.75) is 39.2 Å². The molecule has 2 aromatic heterocycles. The molecule has 1 amide bonds. The van der Waals surface area contributed by atoms with Gasteiger partial charge in [-0.15, -0.1) is 0 Å². The monoisotopic (exact) mass is 426 g/mol. The molecular weight excluding hydrogens is 404 g/mol. The molecule has 7 nitrogen and oxygen atoms in total. The van der Waals surface area contributed by atoms with Gasteiger partial charge in [0.2, 0.25) is 11.8 Å². The van der Waals surface area contributed by atoms with Gasteiger partial charge in [-0.1, -0.05) is 42.7 Å². The number of ether oxygens (including phenoxy) is 1. The van der Waals surface area contributed by atoms with Crippen molar-refractivity contribution < 1.29 is 14.1 Å². The second-order valence-corrected chi connectivity index (χ2v) is 8.16. The topological polar surface area (TPSA) is 90.1 Å². The largest absolute Gasteiger partial charge is 0.477 e. The van der Waals surface area contributed by atoms with Crippen LogP contribution < -0.4 is 10.1 Å². The normalized spacial score (nSPS) is 13.5. The summed E-state index contributed by atoms with van der Waals surface area (Å²) >= 11 is 6.02. The summed E-state index contributed by atoms with van der Waals surface area (Å²) in [4.78, 5) is 21.4. The summed E-state index contributed by atoms with van der Waals surface area (Å²) in [6.45, 7) is 4.74. The Bertz CT molecular complexity index is 1030. The fourth-order valence-corrected chi connectivity index (χ4v) is 2.97. The number of hydrogen-bond donors (Lipinski definition) is 1. The van der Waals surface area contributed by atoms with Crippen LogP contribution in [-0.4, -0.2) is 27.6 Å². The van der Waals surface area contributed by atoms with Crippen LogP contribution in [0, 0.1) is 5.92 Å². The smallest absolute Gasteiger partial charge is 0.253 e. The molecule has 0 unspecified atom stereocenters. The summed E-state index contributed by atoms with van der Waals surface area (Å²) in [6.07, 6.45) is 3.89. The highest BCUT2D eigenvalue weighted by Crippen LogP contribution is 2.33. The van der Waals surface area contributed by atoms with Crippen molar-refractivity contribution in [1.82, 2.24) is 20.4 Å². The fraction of sp³-hybridized carbons (Fsp3) is 0.364. The highest BCUT2D eigenvalue weighted by Gasteiger charge is 2.23. The van der Waals surface area contributed by atoms with Crippen LogP contribution in [0.2, 0.25) is 5.02 Å². The van der Waals surface area contributed by atoms with Crippen molar-refractivity contribution >= 4 is 17.5 Å². The third-order valence-electron chi connectivity index (χ3n) is 4.81. The van der Waals surface area contributed by atoms with Crippen LogP contribution in [0.3, 0.4) is 0 Å². The number of nitrogens with zero attached hydrogens (tertiary/aromatic N) is 3. The fourth-order valence-electron chi connectivity index (χ4n) is 2.84. The van der Waals surface area contributed by atoms with E-state index in [1.54, 1.807) is 18.2 Å². The van der Waals surface area contributed by atoms with Crippen LogP contribution in [0.1, 0.15) is 54.7 Å². The van der Waals surface area contributed by atoms with Gasteiger partial charge >= 0.3 is 0 Å². The number of nitrogens with one attached hydrogen (secondary N) is 1. The Kier molecular flexibility index (Phi) is 5.99. The van der Waals surface area contributed by atoms with E-state index in [-0.39, 0.29) is 18.4 Å². The molecule has 3 aromatic rings. The first kappa shape index (κ1) is 20.3. The number of pyridine rings is 1. The molecule has 0 bridgehead atoms. The molecule has 1 fully saturated rings. The Morgan fingerprint density at radius 1 is 1.30 bits per heavy atom. The third-order valence-corrected chi connectivity index (χ3v) is 5.06. The third kappa shape index (κ3) is 4.97. The number of amides is 1. The lowest BCUT2D eigenvalue weighted by molar-refractivity contribution is 0.0949. The van der Waals surface area contributed by atoms with Gasteiger partial charge in [0.05, 0.1) is 18.7 Å². The molecule has 1 aromatic carbocycles. The number of carbonyl (C=O) groups excluding carboxylic acids is 1. The quantitative estimate of drug-likeness (QED) is 0.564. The lowest BCUT2D eigenvalue weighted by Crippen LogP contribution is -2.23. The second kappa shape index (κ2) is 8.83. The summed E-state index contributed by atoms with van der Waals surface area (Å²) in [5.41, 5.74) is 2.06. The molecule has 0 aliphatic heterocycles. The van der Waals surface area contributed by atoms with E-state index in [0.717, 1.165) is 11.1 Å². The number of hydrogen-bond acceptors (Lipinski definition) is 6. The minimum absolute atomic E-state index is 0.135. The molecular formula is C22H23ClN4O3. The molecule has 0 spiro atoms. The van der Waals surface area contributed by atoms with E-state index < -0.39 is 0 Å². The summed E-state index contributed by atoms with van der Waals surface area (Å²) in [7, 11) is 0. The maximum Gasteiger partial charge on any atom is 0.253 e. The molecule has 1 aliphatic rings. The van der Waals surface area contributed by atoms with E-state index in [0.29, 0.717) is 40.7 Å². The van der Waals surface area contributed by atoms with E-state index in [9.17, 15) is 4.79 Å². The first-order chi connectivity index (χ1) is 14.5. The Labute approximate surface area is 179 Å². The zero-order valence-corrected chi connectivity index (χ0v) is 17.6. The highest BCUT2D eigenvalue weighted by molar-refractivity contribution is 6.30. The van der Waals surface area contributed by atoms with E-state index >= 15 is 0 Å². The molecule has 30 heavy (non-hydrogen) atoms. The van der Waals surface area contributed by atoms with Crippen LogP contribution in [-0.2, 0) is 6.54 Å². The molecule has 8 heteroatoms. The van der Waals surface area contributed by atoms with Crippen LogP contribution in [0.5, 0.6) is 5.88 Å². The molecule has 0 radical (unpaired) electrons. The molecule has 1 saturated carbocycles. The molecule has 1 aliphatic carbocycles. The van der Waals surface area contributed by atoms with Gasteiger partial charge in [-0.3, -0.25) is 4.79 Å². The first-order valence-corrected chi connectivity index (χ1v) is 10.4. The van der Waals surface area contributed by atoms with Gasteiger partial charge in [-0.05, 0) is 42.5 Å². The summed E-state index contributed by atoms with van der Waals surface area (Å²) in [5, 5.41) is 7.34. The number of aromatic nitrogens is 3. The molecule has 1 N–H and O–H groups in total. The Morgan fingerprint density at radius 2 is 2.07 bits per heavy atom. The van der Waals surface area contributed by atoms with Crippen LogP contribution in [0.4, 0.5) is 0 Å². The van der Waals surface area contributed by atoms with Crippen molar-refractivity contribution in [1.29, 1.82) is 0 Å². The van der Waals surface area contributed by atoms with Gasteiger partial charge in [-0.25, -0.2) is 4.98 Å². The number of rotatable bonds is 8. The number of halogens is 1. The van der Waals surface area contributed by atoms with Gasteiger partial charge in [0, 0.05) is 22.7 Å². The number of benzene rings is 1. The predicted molar refractivity (Wildman–Crippen MR) is 112 cm³/mol. The second-order valence-electron chi connectivity index (χ2n) is 7.72. The summed E-state index contributed by atoms with van der Waals surface area (Å²) < 4.78 is 11.1. The average Bonchev–Trinajstić information content (AvgIpc) is 3.45.